The normalized spacial score (nSPS) is 17.3. The first-order valence-corrected chi connectivity index (χ1v) is 8.97. The number of hydrogen-bond acceptors (Lipinski definition) is 3. The van der Waals surface area contributed by atoms with E-state index >= 15 is 0 Å². The van der Waals surface area contributed by atoms with Gasteiger partial charge in [-0.25, -0.2) is 8.78 Å². The zero-order valence-electron chi connectivity index (χ0n) is 15.3. The van der Waals surface area contributed by atoms with Gasteiger partial charge < -0.3 is 20.9 Å². The van der Waals surface area contributed by atoms with Gasteiger partial charge in [-0.15, -0.1) is 0 Å². The maximum atomic E-state index is 13.9. The van der Waals surface area contributed by atoms with Gasteiger partial charge in [0.1, 0.15) is 11.6 Å². The highest BCUT2D eigenvalue weighted by atomic mass is 19.1. The Kier molecular flexibility index (Phi) is 7.62. The number of amides is 1. The summed E-state index contributed by atoms with van der Waals surface area (Å²) in [5, 5.41) is 9.22. The average Bonchev–Trinajstić information content (AvgIpc) is 3.07. The molecule has 26 heavy (non-hydrogen) atoms. The molecule has 0 spiro atoms. The Morgan fingerprint density at radius 2 is 2.12 bits per heavy atom. The summed E-state index contributed by atoms with van der Waals surface area (Å²) >= 11 is 0. The van der Waals surface area contributed by atoms with E-state index in [2.05, 4.69) is 20.9 Å². The minimum Gasteiger partial charge on any atom is -0.367 e. The van der Waals surface area contributed by atoms with Crippen molar-refractivity contribution in [1.29, 1.82) is 0 Å². The van der Waals surface area contributed by atoms with Gasteiger partial charge in [-0.3, -0.25) is 9.79 Å². The minimum absolute atomic E-state index is 0.00799. The molecule has 0 aliphatic carbocycles. The fourth-order valence-electron chi connectivity index (χ4n) is 2.87. The molecule has 2 rings (SSSR count). The second-order valence-electron chi connectivity index (χ2n) is 6.27. The fourth-order valence-corrected chi connectivity index (χ4v) is 2.87. The zero-order valence-corrected chi connectivity index (χ0v) is 15.3. The van der Waals surface area contributed by atoms with Gasteiger partial charge in [0.05, 0.1) is 5.69 Å². The molecule has 1 aromatic rings. The number of guanidine groups is 1. The zero-order chi connectivity index (χ0) is 18.9. The Balaban J connectivity index is 1.78. The van der Waals surface area contributed by atoms with Crippen LogP contribution in [-0.4, -0.2) is 51.1 Å². The van der Waals surface area contributed by atoms with Crippen molar-refractivity contribution in [3.05, 3.63) is 29.8 Å². The highest BCUT2D eigenvalue weighted by Crippen LogP contribution is 2.24. The molecule has 8 heteroatoms. The monoisotopic (exact) mass is 367 g/mol. The second kappa shape index (κ2) is 9.94. The molecule has 1 aromatic carbocycles. The fraction of sp³-hybridized carbons (Fsp3) is 0.556. The van der Waals surface area contributed by atoms with E-state index in [1.54, 1.807) is 7.05 Å². The summed E-state index contributed by atoms with van der Waals surface area (Å²) in [6, 6.07) is 3.73. The van der Waals surface area contributed by atoms with Crippen LogP contribution in [0.5, 0.6) is 0 Å². The quantitative estimate of drug-likeness (QED) is 0.506. The van der Waals surface area contributed by atoms with Gasteiger partial charge in [-0.2, -0.15) is 0 Å². The molecule has 0 saturated carbocycles. The maximum Gasteiger partial charge on any atom is 0.221 e. The highest BCUT2D eigenvalue weighted by Gasteiger charge is 2.25. The molecule has 144 valence electrons. The van der Waals surface area contributed by atoms with Crippen molar-refractivity contribution in [3.8, 4) is 0 Å². The van der Waals surface area contributed by atoms with Gasteiger partial charge in [0.25, 0.3) is 0 Å². The standard InChI is InChI=1S/C18H27F2N5O/c1-3-8-22-17(26)6-9-23-18(21-2)24-14-7-10-25(12-14)16-5-4-13(19)11-15(16)20/h4-5,11,14H,3,6-10,12H2,1-2H3,(H,22,26)(H2,21,23,24). The molecule has 1 atom stereocenters. The van der Waals surface area contributed by atoms with Crippen molar-refractivity contribution in [2.45, 2.75) is 32.2 Å². The Hall–Kier alpha value is -2.38. The third-order valence-electron chi connectivity index (χ3n) is 4.22. The highest BCUT2D eigenvalue weighted by molar-refractivity contribution is 5.81. The lowest BCUT2D eigenvalue weighted by atomic mass is 10.2. The van der Waals surface area contributed by atoms with Crippen molar-refractivity contribution in [1.82, 2.24) is 16.0 Å². The first kappa shape index (κ1) is 19.9. The van der Waals surface area contributed by atoms with Crippen LogP contribution >= 0.6 is 0 Å². The number of hydrogen-bond donors (Lipinski definition) is 3. The summed E-state index contributed by atoms with van der Waals surface area (Å²) in [5.74, 6) is -0.507. The van der Waals surface area contributed by atoms with E-state index < -0.39 is 11.6 Å². The minimum atomic E-state index is -0.576. The van der Waals surface area contributed by atoms with Gasteiger partial charge in [0, 0.05) is 51.8 Å². The number of aliphatic imine (C=N–C) groups is 1. The van der Waals surface area contributed by atoms with Crippen molar-refractivity contribution in [3.63, 3.8) is 0 Å². The Morgan fingerprint density at radius 3 is 2.81 bits per heavy atom. The van der Waals surface area contributed by atoms with Crippen LogP contribution in [0.3, 0.4) is 0 Å². The molecule has 3 N–H and O–H groups in total. The van der Waals surface area contributed by atoms with E-state index in [0.29, 0.717) is 44.2 Å². The molecule has 1 aliphatic rings. The average molecular weight is 367 g/mol. The molecule has 1 unspecified atom stereocenters. The van der Waals surface area contributed by atoms with Gasteiger partial charge in [-0.1, -0.05) is 6.92 Å². The van der Waals surface area contributed by atoms with E-state index in [0.717, 1.165) is 18.9 Å². The third-order valence-corrected chi connectivity index (χ3v) is 4.22. The number of halogens is 2. The number of nitrogens with zero attached hydrogens (tertiary/aromatic N) is 2. The van der Waals surface area contributed by atoms with Crippen LogP contribution in [0.25, 0.3) is 0 Å². The van der Waals surface area contributed by atoms with Gasteiger partial charge in [0.2, 0.25) is 5.91 Å². The lowest BCUT2D eigenvalue weighted by molar-refractivity contribution is -0.120. The number of carbonyl (C=O) groups excluding carboxylic acids is 1. The van der Waals surface area contributed by atoms with Crippen molar-refractivity contribution >= 4 is 17.6 Å². The molecule has 1 aliphatic heterocycles. The van der Waals surface area contributed by atoms with Crippen LogP contribution in [0.15, 0.2) is 23.2 Å². The van der Waals surface area contributed by atoms with Crippen LogP contribution in [-0.2, 0) is 4.79 Å². The van der Waals surface area contributed by atoms with Crippen LogP contribution in [0, 0.1) is 11.6 Å². The summed E-state index contributed by atoms with van der Waals surface area (Å²) in [7, 11) is 1.67. The SMILES string of the molecule is CCCNC(=O)CCNC(=NC)NC1CCN(c2ccc(F)cc2F)C1. The topological polar surface area (TPSA) is 68.8 Å². The van der Waals surface area contributed by atoms with Crippen LogP contribution in [0.2, 0.25) is 0 Å². The number of rotatable bonds is 7. The van der Waals surface area contributed by atoms with Crippen LogP contribution in [0.1, 0.15) is 26.2 Å². The van der Waals surface area contributed by atoms with E-state index in [9.17, 15) is 13.6 Å². The third kappa shape index (κ3) is 5.86. The Morgan fingerprint density at radius 1 is 1.31 bits per heavy atom. The molecule has 1 saturated heterocycles. The molecular weight excluding hydrogens is 340 g/mol. The number of nitrogens with one attached hydrogen (secondary N) is 3. The summed E-state index contributed by atoms with van der Waals surface area (Å²) in [5.41, 5.74) is 0.409. The molecular formula is C18H27F2N5O. The Labute approximate surface area is 153 Å². The lowest BCUT2D eigenvalue weighted by Gasteiger charge is -2.21. The van der Waals surface area contributed by atoms with Crippen LogP contribution in [0.4, 0.5) is 14.5 Å². The molecule has 1 amide bonds. The predicted molar refractivity (Wildman–Crippen MR) is 99.4 cm³/mol. The van der Waals surface area contributed by atoms with Gasteiger partial charge >= 0.3 is 0 Å². The van der Waals surface area contributed by atoms with Gasteiger partial charge in [-0.05, 0) is 25.0 Å². The molecule has 1 heterocycles. The number of benzene rings is 1. The van der Waals surface area contributed by atoms with E-state index in [1.165, 1.54) is 12.1 Å². The summed E-state index contributed by atoms with van der Waals surface area (Å²) < 4.78 is 27.0. The van der Waals surface area contributed by atoms with E-state index in [4.69, 9.17) is 0 Å². The van der Waals surface area contributed by atoms with E-state index in [-0.39, 0.29) is 11.9 Å². The van der Waals surface area contributed by atoms with Crippen molar-refractivity contribution in [2.75, 3.05) is 38.1 Å². The summed E-state index contributed by atoms with van der Waals surface area (Å²) in [6.45, 7) is 4.45. The smallest absolute Gasteiger partial charge is 0.221 e. The largest absolute Gasteiger partial charge is 0.367 e. The molecule has 0 aromatic heterocycles. The summed E-state index contributed by atoms with van der Waals surface area (Å²) in [6.07, 6.45) is 2.10. The first-order chi connectivity index (χ1) is 12.5. The second-order valence-corrected chi connectivity index (χ2v) is 6.27. The number of anilines is 1. The van der Waals surface area contributed by atoms with Crippen LogP contribution < -0.4 is 20.9 Å². The molecule has 0 bridgehead atoms. The van der Waals surface area contributed by atoms with Crippen molar-refractivity contribution < 1.29 is 13.6 Å². The Bertz CT molecular complexity index is 638. The number of carbonyl (C=O) groups is 1. The lowest BCUT2D eigenvalue weighted by Crippen LogP contribution is -2.45. The van der Waals surface area contributed by atoms with Gasteiger partial charge in [0.15, 0.2) is 5.96 Å². The molecule has 0 radical (unpaired) electrons. The van der Waals surface area contributed by atoms with Crippen molar-refractivity contribution in [2.24, 2.45) is 4.99 Å². The molecule has 6 nitrogen and oxygen atoms in total. The summed E-state index contributed by atoms with van der Waals surface area (Å²) in [4.78, 5) is 17.6. The van der Waals surface area contributed by atoms with E-state index in [1.807, 2.05) is 11.8 Å². The maximum absolute atomic E-state index is 13.9. The molecule has 1 fully saturated rings. The first-order valence-electron chi connectivity index (χ1n) is 8.97. The predicted octanol–water partition coefficient (Wildman–Crippen LogP) is 1.62.